The van der Waals surface area contributed by atoms with Gasteiger partial charge in [0.05, 0.1) is 22.1 Å². The van der Waals surface area contributed by atoms with E-state index in [1.165, 1.54) is 65.4 Å². The first-order valence-electron chi connectivity index (χ1n) is 12.3. The first-order valence-corrected chi connectivity index (χ1v) is 15.3. The van der Waals surface area contributed by atoms with E-state index in [9.17, 15) is 0 Å². The van der Waals surface area contributed by atoms with Crippen LogP contribution in [0.5, 0.6) is 0 Å². The zero-order valence-corrected chi connectivity index (χ0v) is 20.8. The van der Waals surface area contributed by atoms with Gasteiger partial charge in [0, 0.05) is 32.9 Å². The fourth-order valence-electron chi connectivity index (χ4n) is 6.59. The van der Waals surface area contributed by atoms with Crippen molar-refractivity contribution in [3.63, 3.8) is 0 Å². The van der Waals surface area contributed by atoms with E-state index in [2.05, 4.69) is 131 Å². The van der Waals surface area contributed by atoms with Crippen molar-refractivity contribution in [2.45, 2.75) is 13.1 Å². The molecule has 166 valence electrons. The van der Waals surface area contributed by atoms with Crippen molar-refractivity contribution in [3.8, 4) is 11.4 Å². The lowest BCUT2D eigenvalue weighted by Crippen LogP contribution is -2.53. The van der Waals surface area contributed by atoms with Gasteiger partial charge in [0.25, 0.3) is 0 Å². The van der Waals surface area contributed by atoms with Gasteiger partial charge in [-0.3, -0.25) is 0 Å². The van der Waals surface area contributed by atoms with Crippen molar-refractivity contribution < 1.29 is 0 Å². The average molecular weight is 465 g/mol. The largest absolute Gasteiger partial charge is 0.309 e. The molecule has 0 saturated heterocycles. The fraction of sp³-hybridized carbons (Fsp3) is 0.0625. The summed E-state index contributed by atoms with van der Waals surface area (Å²) in [6, 6.07) is 40.3. The monoisotopic (exact) mass is 464 g/mol. The molecule has 7 aromatic rings. The molecule has 0 saturated carbocycles. The minimum absolute atomic E-state index is 1.22. The number of nitrogens with zero attached hydrogens (tertiary/aromatic N) is 2. The number of rotatable bonds is 2. The van der Waals surface area contributed by atoms with Gasteiger partial charge in [-0.2, -0.15) is 0 Å². The van der Waals surface area contributed by atoms with Gasteiger partial charge in [-0.1, -0.05) is 73.8 Å². The maximum absolute atomic E-state index is 2.53. The van der Waals surface area contributed by atoms with Gasteiger partial charge in [0.15, 0.2) is 0 Å². The first kappa shape index (κ1) is 19.2. The third kappa shape index (κ3) is 2.29. The molecule has 0 atom stereocenters. The highest BCUT2D eigenvalue weighted by Crippen LogP contribution is 2.43. The van der Waals surface area contributed by atoms with Crippen LogP contribution in [0.2, 0.25) is 13.1 Å². The minimum Gasteiger partial charge on any atom is -0.309 e. The summed E-state index contributed by atoms with van der Waals surface area (Å²) >= 11 is 0. The molecule has 35 heavy (non-hydrogen) atoms. The summed E-state index contributed by atoms with van der Waals surface area (Å²) in [6.07, 6.45) is 0. The van der Waals surface area contributed by atoms with Gasteiger partial charge < -0.3 is 9.13 Å². The molecule has 1 aliphatic rings. The molecule has 0 aliphatic carbocycles. The molecule has 0 unspecified atom stereocenters. The van der Waals surface area contributed by atoms with Crippen LogP contribution in [0.15, 0.2) is 109 Å². The van der Waals surface area contributed by atoms with E-state index in [4.69, 9.17) is 0 Å². The van der Waals surface area contributed by atoms with Crippen molar-refractivity contribution in [1.82, 2.24) is 9.13 Å². The van der Waals surface area contributed by atoms with Crippen LogP contribution in [-0.4, -0.2) is 17.2 Å². The van der Waals surface area contributed by atoms with Crippen LogP contribution in [-0.2, 0) is 0 Å². The lowest BCUT2D eigenvalue weighted by Gasteiger charge is -2.25. The second-order valence-electron chi connectivity index (χ2n) is 10.2. The summed E-state index contributed by atoms with van der Waals surface area (Å²) in [4.78, 5) is 0. The van der Waals surface area contributed by atoms with E-state index in [0.29, 0.717) is 0 Å². The third-order valence-electron chi connectivity index (χ3n) is 8.09. The van der Waals surface area contributed by atoms with Gasteiger partial charge in [0.1, 0.15) is 8.07 Å². The smallest absolute Gasteiger partial charge is 0.114 e. The van der Waals surface area contributed by atoms with Crippen LogP contribution >= 0.6 is 0 Å². The van der Waals surface area contributed by atoms with Gasteiger partial charge in [-0.05, 0) is 58.9 Å². The highest BCUT2D eigenvalue weighted by Gasteiger charge is 2.36. The van der Waals surface area contributed by atoms with Crippen molar-refractivity contribution in [1.29, 1.82) is 0 Å². The first-order chi connectivity index (χ1) is 17.2. The topological polar surface area (TPSA) is 9.86 Å². The van der Waals surface area contributed by atoms with Crippen LogP contribution in [0, 0.1) is 0 Å². The molecule has 0 bridgehead atoms. The van der Waals surface area contributed by atoms with Crippen LogP contribution in [0.4, 0.5) is 0 Å². The summed E-state index contributed by atoms with van der Waals surface area (Å²) in [5, 5.41) is 8.77. The fourth-order valence-corrected chi connectivity index (χ4v) is 9.67. The summed E-state index contributed by atoms with van der Waals surface area (Å²) in [5.41, 5.74) is 7.64. The van der Waals surface area contributed by atoms with E-state index in [1.807, 2.05) is 0 Å². The van der Waals surface area contributed by atoms with Crippen molar-refractivity contribution >= 4 is 62.1 Å². The lowest BCUT2D eigenvalue weighted by atomic mass is 10.1. The molecule has 3 heterocycles. The Kier molecular flexibility index (Phi) is 3.59. The van der Waals surface area contributed by atoms with E-state index >= 15 is 0 Å². The van der Waals surface area contributed by atoms with E-state index in [0.717, 1.165) is 0 Å². The zero-order chi connectivity index (χ0) is 23.3. The van der Waals surface area contributed by atoms with E-state index in [-0.39, 0.29) is 0 Å². The van der Waals surface area contributed by atoms with Crippen molar-refractivity contribution in [3.05, 3.63) is 109 Å². The third-order valence-corrected chi connectivity index (χ3v) is 11.6. The highest BCUT2D eigenvalue weighted by atomic mass is 28.3. The number of aromatic nitrogens is 2. The number of hydrogen-bond acceptors (Lipinski definition) is 0. The zero-order valence-electron chi connectivity index (χ0n) is 19.8. The maximum atomic E-state index is 2.53. The molecule has 2 nitrogen and oxygen atoms in total. The molecular weight excluding hydrogens is 440 g/mol. The normalized spacial score (nSPS) is 14.2. The molecule has 5 aromatic carbocycles. The molecule has 0 fully saturated rings. The molecule has 3 heteroatoms. The predicted molar refractivity (Wildman–Crippen MR) is 152 cm³/mol. The van der Waals surface area contributed by atoms with Gasteiger partial charge in [-0.25, -0.2) is 0 Å². The average Bonchev–Trinajstić information content (AvgIpc) is 3.39. The Morgan fingerprint density at radius 3 is 1.23 bits per heavy atom. The quantitative estimate of drug-likeness (QED) is 0.243. The Labute approximate surface area is 204 Å². The highest BCUT2D eigenvalue weighted by molar-refractivity contribution is 7.03. The lowest BCUT2D eigenvalue weighted by molar-refractivity contribution is 1.17. The predicted octanol–water partition coefficient (Wildman–Crippen LogP) is 7.02. The maximum Gasteiger partial charge on any atom is 0.114 e. The molecule has 2 aromatic heterocycles. The minimum atomic E-state index is -1.99. The number of para-hydroxylation sites is 2. The molecule has 0 spiro atoms. The van der Waals surface area contributed by atoms with Crippen LogP contribution in [0.3, 0.4) is 0 Å². The molecule has 0 radical (unpaired) electrons. The molecule has 0 N–H and O–H groups in total. The van der Waals surface area contributed by atoms with Gasteiger partial charge in [-0.15, -0.1) is 0 Å². The molecule has 1 aliphatic heterocycles. The van der Waals surface area contributed by atoms with Crippen LogP contribution < -0.4 is 10.4 Å². The van der Waals surface area contributed by atoms with Crippen molar-refractivity contribution in [2.75, 3.05) is 0 Å². The summed E-state index contributed by atoms with van der Waals surface area (Å²) < 4.78 is 4.94. The summed E-state index contributed by atoms with van der Waals surface area (Å²) in [7, 11) is -1.99. The molecular formula is C32H24N2Si. The Bertz CT molecular complexity index is 1820. The van der Waals surface area contributed by atoms with E-state index < -0.39 is 8.07 Å². The van der Waals surface area contributed by atoms with Crippen LogP contribution in [0.1, 0.15) is 0 Å². The summed E-state index contributed by atoms with van der Waals surface area (Å²) in [5.74, 6) is 0. The second-order valence-corrected chi connectivity index (χ2v) is 14.5. The van der Waals surface area contributed by atoms with Crippen LogP contribution in [0.25, 0.3) is 55.0 Å². The molecule has 0 amide bonds. The standard InChI is InChI=1S/C32H24N2Si/c1-35(2)27-17-9-15-23-29(27)31-25(33(23)21-11-5-3-6-12-21)19-20-26-32(31)30-24(16-10-18-28(30)35)34(26)22-13-7-4-8-14-22/h3-20H,1-2H3. The molecule has 8 rings (SSSR count). The van der Waals surface area contributed by atoms with Gasteiger partial charge in [0.2, 0.25) is 0 Å². The SMILES string of the molecule is C[Si]1(C)c2cccc3c2c2c4c5c1cccc5n(-c1ccccc1)c4ccc2n3-c1ccccc1. The second kappa shape index (κ2) is 6.53. The van der Waals surface area contributed by atoms with E-state index in [1.54, 1.807) is 0 Å². The number of benzene rings is 5. The van der Waals surface area contributed by atoms with Crippen molar-refractivity contribution in [2.24, 2.45) is 0 Å². The van der Waals surface area contributed by atoms with Gasteiger partial charge >= 0.3 is 0 Å². The summed E-state index contributed by atoms with van der Waals surface area (Å²) in [6.45, 7) is 5.06. The Morgan fingerprint density at radius 2 is 0.800 bits per heavy atom. The Morgan fingerprint density at radius 1 is 0.400 bits per heavy atom. The Hall–Kier alpha value is -4.08. The Balaban J connectivity index is 1.71. The number of hydrogen-bond donors (Lipinski definition) is 0.